The number of nitrogens with one attached hydrogen (secondary N) is 1. The van der Waals surface area contributed by atoms with Crippen LogP contribution in [-0.4, -0.2) is 37.1 Å². The Balaban J connectivity index is 2.96. The molecule has 0 aliphatic carbocycles. The highest BCUT2D eigenvalue weighted by Crippen LogP contribution is 2.32. The minimum Gasteiger partial charge on any atom is -0.465 e. The standard InChI is InChI=1S/C13H21NO5/c1-5-18-12(16)9-8(7(3)4)10(14-11(9)15)13(17)19-6-2/h7-10H,5-6H2,1-4H3,(H,14,15)/t8-,9+,10+/m0/s1. The van der Waals surface area contributed by atoms with E-state index in [0.29, 0.717) is 0 Å². The van der Waals surface area contributed by atoms with Crippen LogP contribution in [0.3, 0.4) is 0 Å². The predicted octanol–water partition coefficient (Wildman–Crippen LogP) is 0.499. The Bertz CT molecular complexity index is 366. The van der Waals surface area contributed by atoms with E-state index in [0.717, 1.165) is 0 Å². The monoisotopic (exact) mass is 271 g/mol. The number of carbonyl (C=O) groups is 3. The van der Waals surface area contributed by atoms with Crippen LogP contribution in [0.4, 0.5) is 0 Å². The molecule has 1 fully saturated rings. The number of ether oxygens (including phenoxy) is 2. The number of amides is 1. The summed E-state index contributed by atoms with van der Waals surface area (Å²) < 4.78 is 9.85. The second-order valence-electron chi connectivity index (χ2n) is 4.79. The zero-order valence-corrected chi connectivity index (χ0v) is 11.8. The van der Waals surface area contributed by atoms with Crippen LogP contribution in [0.5, 0.6) is 0 Å². The Morgan fingerprint density at radius 3 is 2.16 bits per heavy atom. The summed E-state index contributed by atoms with van der Waals surface area (Å²) in [6.07, 6.45) is 0. The quantitative estimate of drug-likeness (QED) is 0.581. The van der Waals surface area contributed by atoms with E-state index in [9.17, 15) is 14.4 Å². The molecular formula is C13H21NO5. The lowest BCUT2D eigenvalue weighted by molar-refractivity contribution is -0.153. The van der Waals surface area contributed by atoms with Crippen molar-refractivity contribution in [3.63, 3.8) is 0 Å². The van der Waals surface area contributed by atoms with Crippen molar-refractivity contribution in [1.82, 2.24) is 5.32 Å². The van der Waals surface area contributed by atoms with Crippen molar-refractivity contribution >= 4 is 17.8 Å². The smallest absolute Gasteiger partial charge is 0.328 e. The molecule has 19 heavy (non-hydrogen) atoms. The van der Waals surface area contributed by atoms with E-state index >= 15 is 0 Å². The van der Waals surface area contributed by atoms with Gasteiger partial charge in [-0.15, -0.1) is 0 Å². The molecule has 0 aromatic heterocycles. The first-order valence-corrected chi connectivity index (χ1v) is 6.57. The van der Waals surface area contributed by atoms with E-state index in [-0.39, 0.29) is 19.1 Å². The van der Waals surface area contributed by atoms with Crippen LogP contribution in [0.25, 0.3) is 0 Å². The number of hydrogen-bond donors (Lipinski definition) is 1. The van der Waals surface area contributed by atoms with Crippen molar-refractivity contribution in [2.75, 3.05) is 13.2 Å². The molecule has 3 atom stereocenters. The fraction of sp³-hybridized carbons (Fsp3) is 0.769. The van der Waals surface area contributed by atoms with E-state index < -0.39 is 35.7 Å². The molecule has 1 aliphatic rings. The minimum atomic E-state index is -0.936. The fourth-order valence-electron chi connectivity index (χ4n) is 2.42. The van der Waals surface area contributed by atoms with Crippen molar-refractivity contribution in [2.24, 2.45) is 17.8 Å². The number of rotatable bonds is 5. The van der Waals surface area contributed by atoms with Crippen LogP contribution < -0.4 is 5.32 Å². The van der Waals surface area contributed by atoms with Gasteiger partial charge in [0.1, 0.15) is 12.0 Å². The highest BCUT2D eigenvalue weighted by molar-refractivity contribution is 6.03. The minimum absolute atomic E-state index is 0.0252. The summed E-state index contributed by atoms with van der Waals surface area (Å²) >= 11 is 0. The van der Waals surface area contributed by atoms with E-state index in [1.165, 1.54) is 0 Å². The molecule has 1 saturated heterocycles. The van der Waals surface area contributed by atoms with Crippen LogP contribution >= 0.6 is 0 Å². The number of carbonyl (C=O) groups excluding carboxylic acids is 3. The van der Waals surface area contributed by atoms with Gasteiger partial charge in [-0.2, -0.15) is 0 Å². The molecular weight excluding hydrogens is 250 g/mol. The molecule has 0 saturated carbocycles. The predicted molar refractivity (Wildman–Crippen MR) is 67.0 cm³/mol. The Hall–Kier alpha value is -1.59. The highest BCUT2D eigenvalue weighted by Gasteiger charge is 2.51. The molecule has 1 rings (SSSR count). The van der Waals surface area contributed by atoms with Crippen molar-refractivity contribution < 1.29 is 23.9 Å². The Labute approximate surface area is 112 Å². The van der Waals surface area contributed by atoms with E-state index in [2.05, 4.69) is 5.32 Å². The number of hydrogen-bond acceptors (Lipinski definition) is 5. The SMILES string of the molecule is CCOC(=O)[C@H]1C(=O)N[C@@H](C(=O)OCC)[C@H]1C(C)C. The lowest BCUT2D eigenvalue weighted by atomic mass is 9.81. The zero-order chi connectivity index (χ0) is 14.6. The maximum atomic E-state index is 11.9. The molecule has 0 spiro atoms. The lowest BCUT2D eigenvalue weighted by Gasteiger charge is -2.23. The maximum Gasteiger partial charge on any atom is 0.328 e. The molecule has 0 aromatic carbocycles. The maximum absolute atomic E-state index is 11.9. The van der Waals surface area contributed by atoms with Gasteiger partial charge in [0.05, 0.1) is 13.2 Å². The molecule has 6 nitrogen and oxygen atoms in total. The van der Waals surface area contributed by atoms with Crippen LogP contribution in [0, 0.1) is 17.8 Å². The first kappa shape index (κ1) is 15.5. The van der Waals surface area contributed by atoms with E-state index in [1.807, 2.05) is 13.8 Å². The molecule has 1 amide bonds. The van der Waals surface area contributed by atoms with Crippen molar-refractivity contribution in [1.29, 1.82) is 0 Å². The third-order valence-corrected chi connectivity index (χ3v) is 3.20. The molecule has 1 aliphatic heterocycles. The van der Waals surface area contributed by atoms with Gasteiger partial charge in [0.25, 0.3) is 0 Å². The molecule has 0 unspecified atom stereocenters. The Morgan fingerprint density at radius 1 is 1.16 bits per heavy atom. The Morgan fingerprint density at radius 2 is 1.68 bits per heavy atom. The van der Waals surface area contributed by atoms with Crippen LogP contribution in [0.2, 0.25) is 0 Å². The fourth-order valence-corrected chi connectivity index (χ4v) is 2.42. The summed E-state index contributed by atoms with van der Waals surface area (Å²) in [6, 6.07) is -0.776. The summed E-state index contributed by atoms with van der Waals surface area (Å²) in [5.74, 6) is -2.94. The van der Waals surface area contributed by atoms with Gasteiger partial charge in [-0.1, -0.05) is 13.8 Å². The number of esters is 2. The second-order valence-corrected chi connectivity index (χ2v) is 4.79. The van der Waals surface area contributed by atoms with Gasteiger partial charge in [0.2, 0.25) is 5.91 Å². The Kier molecular flexibility index (Phi) is 5.32. The third kappa shape index (κ3) is 3.24. The van der Waals surface area contributed by atoms with Gasteiger partial charge in [-0.3, -0.25) is 9.59 Å². The first-order chi connectivity index (χ1) is 8.93. The zero-order valence-electron chi connectivity index (χ0n) is 11.8. The van der Waals surface area contributed by atoms with Crippen LogP contribution in [0.15, 0.2) is 0 Å². The van der Waals surface area contributed by atoms with Gasteiger partial charge in [0, 0.05) is 5.92 Å². The van der Waals surface area contributed by atoms with E-state index in [4.69, 9.17) is 9.47 Å². The van der Waals surface area contributed by atoms with Crippen molar-refractivity contribution in [3.05, 3.63) is 0 Å². The van der Waals surface area contributed by atoms with Gasteiger partial charge in [0.15, 0.2) is 0 Å². The summed E-state index contributed by atoms with van der Waals surface area (Å²) in [4.78, 5) is 35.6. The average Bonchev–Trinajstić information content (AvgIpc) is 2.67. The summed E-state index contributed by atoms with van der Waals surface area (Å²) in [6.45, 7) is 7.55. The average molecular weight is 271 g/mol. The van der Waals surface area contributed by atoms with Gasteiger partial charge in [-0.25, -0.2) is 4.79 Å². The lowest BCUT2D eigenvalue weighted by Crippen LogP contribution is -2.40. The molecule has 0 bridgehead atoms. The molecule has 6 heteroatoms. The summed E-state index contributed by atoms with van der Waals surface area (Å²) in [5.41, 5.74) is 0. The van der Waals surface area contributed by atoms with Gasteiger partial charge < -0.3 is 14.8 Å². The van der Waals surface area contributed by atoms with Crippen molar-refractivity contribution in [2.45, 2.75) is 33.7 Å². The molecule has 1 heterocycles. The first-order valence-electron chi connectivity index (χ1n) is 6.57. The highest BCUT2D eigenvalue weighted by atomic mass is 16.5. The van der Waals surface area contributed by atoms with Crippen molar-refractivity contribution in [3.8, 4) is 0 Å². The third-order valence-electron chi connectivity index (χ3n) is 3.20. The molecule has 0 radical (unpaired) electrons. The normalized spacial score (nSPS) is 26.2. The van der Waals surface area contributed by atoms with Crippen LogP contribution in [-0.2, 0) is 23.9 Å². The summed E-state index contributed by atoms with van der Waals surface area (Å²) in [5, 5.41) is 2.54. The van der Waals surface area contributed by atoms with Crippen LogP contribution in [0.1, 0.15) is 27.7 Å². The van der Waals surface area contributed by atoms with Gasteiger partial charge >= 0.3 is 11.9 Å². The second kappa shape index (κ2) is 6.54. The largest absolute Gasteiger partial charge is 0.465 e. The molecule has 108 valence electrons. The van der Waals surface area contributed by atoms with E-state index in [1.54, 1.807) is 13.8 Å². The van der Waals surface area contributed by atoms with Gasteiger partial charge in [-0.05, 0) is 19.8 Å². The summed E-state index contributed by atoms with van der Waals surface area (Å²) in [7, 11) is 0. The molecule has 0 aromatic rings. The molecule has 1 N–H and O–H groups in total. The topological polar surface area (TPSA) is 81.7 Å².